The van der Waals surface area contributed by atoms with Gasteiger partial charge in [-0.15, -0.1) is 11.6 Å². The lowest BCUT2D eigenvalue weighted by atomic mass is 10.3. The molecular weight excluding hydrogens is 286 g/mol. The van der Waals surface area contributed by atoms with Gasteiger partial charge in [-0.25, -0.2) is 9.67 Å². The molecule has 0 spiro atoms. The van der Waals surface area contributed by atoms with Crippen LogP contribution in [0.15, 0.2) is 0 Å². The van der Waals surface area contributed by atoms with Crippen LogP contribution in [0.25, 0.3) is 11.2 Å². The van der Waals surface area contributed by atoms with Crippen molar-refractivity contribution in [2.45, 2.75) is 53.2 Å². The first-order valence-corrected chi connectivity index (χ1v) is 8.21. The Balaban J connectivity index is 2.39. The fourth-order valence-corrected chi connectivity index (χ4v) is 2.69. The summed E-state index contributed by atoms with van der Waals surface area (Å²) >= 11 is 5.94. The van der Waals surface area contributed by atoms with Crippen molar-refractivity contribution in [3.05, 3.63) is 11.5 Å². The molecule has 5 nitrogen and oxygen atoms in total. The molecule has 6 heteroatoms. The molecular formula is C15H26ClN5. The molecule has 0 aliphatic rings. The maximum Gasteiger partial charge on any atom is 0.158 e. The first-order chi connectivity index (χ1) is 9.99. The Morgan fingerprint density at radius 1 is 1.33 bits per heavy atom. The van der Waals surface area contributed by atoms with Crippen LogP contribution in [0.5, 0.6) is 0 Å². The molecule has 0 radical (unpaired) electrons. The molecule has 0 N–H and O–H groups in total. The highest BCUT2D eigenvalue weighted by Crippen LogP contribution is 2.20. The smallest absolute Gasteiger partial charge is 0.158 e. The average molecular weight is 312 g/mol. The number of imidazole rings is 1. The summed E-state index contributed by atoms with van der Waals surface area (Å²) in [4.78, 5) is 7.11. The van der Waals surface area contributed by atoms with Crippen LogP contribution in [0.4, 0.5) is 0 Å². The summed E-state index contributed by atoms with van der Waals surface area (Å²) in [6.07, 6.45) is 0.796. The molecule has 0 saturated carbocycles. The molecule has 118 valence electrons. The van der Waals surface area contributed by atoms with E-state index in [1.54, 1.807) is 0 Å². The highest BCUT2D eigenvalue weighted by molar-refractivity contribution is 6.17. The van der Waals surface area contributed by atoms with Crippen molar-refractivity contribution in [1.82, 2.24) is 24.2 Å². The Kier molecular flexibility index (Phi) is 5.27. The largest absolute Gasteiger partial charge is 0.312 e. The number of nitrogens with zero attached hydrogens (tertiary/aromatic N) is 5. The standard InChI is InChI=1S/C15H26ClN5/c1-6-21-15-14(12(4)18-21)17-13(7-8-16)20(15)10-9-19(5)11(2)3/h11H,6-10H2,1-5H3. The summed E-state index contributed by atoms with van der Waals surface area (Å²) in [5, 5.41) is 4.58. The lowest BCUT2D eigenvalue weighted by Gasteiger charge is -2.22. The van der Waals surface area contributed by atoms with E-state index in [1.165, 1.54) is 0 Å². The molecule has 0 aromatic carbocycles. The minimum Gasteiger partial charge on any atom is -0.312 e. The van der Waals surface area contributed by atoms with Gasteiger partial charge < -0.3 is 9.47 Å². The maximum absolute atomic E-state index is 5.94. The van der Waals surface area contributed by atoms with Crippen molar-refractivity contribution in [1.29, 1.82) is 0 Å². The number of hydrogen-bond acceptors (Lipinski definition) is 3. The number of hydrogen-bond donors (Lipinski definition) is 0. The second kappa shape index (κ2) is 6.79. The van der Waals surface area contributed by atoms with E-state index in [0.717, 1.165) is 48.7 Å². The van der Waals surface area contributed by atoms with Crippen molar-refractivity contribution in [3.63, 3.8) is 0 Å². The van der Waals surface area contributed by atoms with Crippen molar-refractivity contribution < 1.29 is 0 Å². The Hall–Kier alpha value is -1.07. The van der Waals surface area contributed by atoms with Gasteiger partial charge in [-0.3, -0.25) is 0 Å². The molecule has 0 aliphatic carbocycles. The third-order valence-corrected chi connectivity index (χ3v) is 4.24. The fourth-order valence-electron chi connectivity index (χ4n) is 2.52. The summed E-state index contributed by atoms with van der Waals surface area (Å²) < 4.78 is 4.34. The van der Waals surface area contributed by atoms with Gasteiger partial charge in [0.15, 0.2) is 5.65 Å². The van der Waals surface area contributed by atoms with Crippen molar-refractivity contribution in [2.75, 3.05) is 19.5 Å². The lowest BCUT2D eigenvalue weighted by molar-refractivity contribution is 0.262. The Morgan fingerprint density at radius 2 is 2.05 bits per heavy atom. The molecule has 0 aliphatic heterocycles. The highest BCUT2D eigenvalue weighted by atomic mass is 35.5. The van der Waals surface area contributed by atoms with E-state index in [9.17, 15) is 0 Å². The van der Waals surface area contributed by atoms with Gasteiger partial charge in [0.1, 0.15) is 11.3 Å². The predicted molar refractivity (Wildman–Crippen MR) is 88.1 cm³/mol. The number of rotatable bonds is 7. The number of halogens is 1. The van der Waals surface area contributed by atoms with E-state index in [4.69, 9.17) is 16.6 Å². The molecule has 2 aromatic heterocycles. The van der Waals surface area contributed by atoms with E-state index in [-0.39, 0.29) is 0 Å². The quantitative estimate of drug-likeness (QED) is 0.738. The van der Waals surface area contributed by atoms with Crippen molar-refractivity contribution >= 4 is 22.8 Å². The van der Waals surface area contributed by atoms with E-state index >= 15 is 0 Å². The summed E-state index contributed by atoms with van der Waals surface area (Å²) in [5.41, 5.74) is 3.15. The van der Waals surface area contributed by atoms with Gasteiger partial charge in [-0.1, -0.05) is 0 Å². The third-order valence-electron chi connectivity index (χ3n) is 4.05. The Bertz CT molecular complexity index is 599. The minimum absolute atomic E-state index is 0.540. The molecule has 2 rings (SSSR count). The second-order valence-electron chi connectivity index (χ2n) is 5.77. The molecule has 0 fully saturated rings. The van der Waals surface area contributed by atoms with Crippen LogP contribution in [0.1, 0.15) is 32.3 Å². The third kappa shape index (κ3) is 3.24. The molecule has 0 amide bonds. The first kappa shape index (κ1) is 16.3. The predicted octanol–water partition coefficient (Wildman–Crippen LogP) is 2.68. The maximum atomic E-state index is 5.94. The zero-order valence-electron chi connectivity index (χ0n) is 13.7. The van der Waals surface area contributed by atoms with Crippen LogP contribution in [0, 0.1) is 6.92 Å². The number of alkyl halides is 1. The highest BCUT2D eigenvalue weighted by Gasteiger charge is 2.18. The monoisotopic (exact) mass is 311 g/mol. The summed E-state index contributed by atoms with van der Waals surface area (Å²) in [7, 11) is 2.16. The molecule has 0 unspecified atom stereocenters. The minimum atomic E-state index is 0.540. The van der Waals surface area contributed by atoms with E-state index in [0.29, 0.717) is 11.9 Å². The van der Waals surface area contributed by atoms with Crippen LogP contribution in [-0.4, -0.2) is 49.7 Å². The Labute approximate surface area is 131 Å². The van der Waals surface area contributed by atoms with Gasteiger partial charge in [0.2, 0.25) is 0 Å². The normalized spacial score (nSPS) is 12.2. The molecule has 21 heavy (non-hydrogen) atoms. The summed E-state index contributed by atoms with van der Waals surface area (Å²) in [5.74, 6) is 1.66. The lowest BCUT2D eigenvalue weighted by Crippen LogP contribution is -2.30. The fraction of sp³-hybridized carbons (Fsp3) is 0.733. The van der Waals surface area contributed by atoms with Gasteiger partial charge in [-0.2, -0.15) is 5.10 Å². The molecule has 2 aromatic rings. The van der Waals surface area contributed by atoms with Gasteiger partial charge in [0.05, 0.1) is 5.69 Å². The van der Waals surface area contributed by atoms with Gasteiger partial charge >= 0.3 is 0 Å². The topological polar surface area (TPSA) is 38.9 Å². The van der Waals surface area contributed by atoms with E-state index in [2.05, 4.69) is 42.4 Å². The SMILES string of the molecule is CCn1nc(C)c2nc(CCCl)n(CCN(C)C(C)C)c21. The van der Waals surface area contributed by atoms with Gasteiger partial charge in [0, 0.05) is 38.0 Å². The van der Waals surface area contributed by atoms with Gasteiger partial charge in [0.25, 0.3) is 0 Å². The van der Waals surface area contributed by atoms with Crippen molar-refractivity contribution in [2.24, 2.45) is 0 Å². The van der Waals surface area contributed by atoms with Gasteiger partial charge in [-0.05, 0) is 34.7 Å². The molecule has 0 atom stereocenters. The summed E-state index contributed by atoms with van der Waals surface area (Å²) in [6, 6.07) is 0.540. The average Bonchev–Trinajstić information content (AvgIpc) is 2.94. The van der Waals surface area contributed by atoms with Crippen LogP contribution in [-0.2, 0) is 19.5 Å². The van der Waals surface area contributed by atoms with Crippen molar-refractivity contribution in [3.8, 4) is 0 Å². The molecule has 2 heterocycles. The van der Waals surface area contributed by atoms with E-state index in [1.807, 2.05) is 11.6 Å². The van der Waals surface area contributed by atoms with Crippen LogP contribution >= 0.6 is 11.6 Å². The first-order valence-electron chi connectivity index (χ1n) is 7.68. The Morgan fingerprint density at radius 3 is 2.62 bits per heavy atom. The van der Waals surface area contributed by atoms with E-state index < -0.39 is 0 Å². The second-order valence-corrected chi connectivity index (χ2v) is 6.14. The zero-order chi connectivity index (χ0) is 15.6. The number of aryl methyl sites for hydroxylation is 3. The zero-order valence-corrected chi connectivity index (χ0v) is 14.5. The number of fused-ring (bicyclic) bond motifs is 1. The number of likely N-dealkylation sites (N-methyl/N-ethyl adjacent to an activating group) is 1. The van der Waals surface area contributed by atoms with Crippen LogP contribution < -0.4 is 0 Å². The number of aromatic nitrogens is 4. The van der Waals surface area contributed by atoms with Crippen LogP contribution in [0.2, 0.25) is 0 Å². The summed E-state index contributed by atoms with van der Waals surface area (Å²) in [6.45, 7) is 11.3. The molecule has 0 bridgehead atoms. The molecule has 0 saturated heterocycles. The van der Waals surface area contributed by atoms with Crippen LogP contribution in [0.3, 0.4) is 0 Å².